The molecule has 0 unspecified atom stereocenters. The highest BCUT2D eigenvalue weighted by Crippen LogP contribution is 2.24. The topological polar surface area (TPSA) is 75.2 Å². The highest BCUT2D eigenvalue weighted by Gasteiger charge is 2.21. The van der Waals surface area contributed by atoms with Crippen LogP contribution < -0.4 is 10.2 Å². The molecular weight excluding hydrogens is 312 g/mol. The summed E-state index contributed by atoms with van der Waals surface area (Å²) in [5, 5.41) is 12.2. The van der Waals surface area contributed by atoms with Gasteiger partial charge in [-0.2, -0.15) is 0 Å². The number of hydrogen-bond acceptors (Lipinski definition) is 5. The third-order valence-corrected chi connectivity index (χ3v) is 4.81. The Morgan fingerprint density at radius 2 is 2.00 bits per heavy atom. The maximum Gasteiger partial charge on any atom is 0.257 e. The minimum Gasteiger partial charge on any atom is -0.312 e. The molecule has 1 fully saturated rings. The first-order valence-electron chi connectivity index (χ1n) is 7.60. The van der Waals surface area contributed by atoms with Crippen LogP contribution in [0.4, 0.5) is 10.8 Å². The summed E-state index contributed by atoms with van der Waals surface area (Å²) in [7, 11) is 0. The van der Waals surface area contributed by atoms with Crippen molar-refractivity contribution in [1.82, 2.24) is 10.2 Å². The highest BCUT2D eigenvalue weighted by molar-refractivity contribution is 7.15. The SMILES string of the molecule is CC(C)c1nnc(NC(=O)c2ccc(N3CCCC3=O)cc2)s1. The summed E-state index contributed by atoms with van der Waals surface area (Å²) in [5.41, 5.74) is 1.36. The van der Waals surface area contributed by atoms with Gasteiger partial charge in [-0.25, -0.2) is 0 Å². The molecule has 3 rings (SSSR count). The fourth-order valence-corrected chi connectivity index (χ4v) is 3.14. The van der Waals surface area contributed by atoms with Gasteiger partial charge in [-0.15, -0.1) is 10.2 Å². The molecule has 0 spiro atoms. The van der Waals surface area contributed by atoms with Crippen molar-refractivity contribution in [2.24, 2.45) is 0 Å². The minimum absolute atomic E-state index is 0.136. The number of carbonyl (C=O) groups excluding carboxylic acids is 2. The van der Waals surface area contributed by atoms with Crippen LogP contribution in [-0.2, 0) is 4.79 Å². The van der Waals surface area contributed by atoms with Crippen molar-refractivity contribution in [3.05, 3.63) is 34.8 Å². The zero-order valence-electron chi connectivity index (χ0n) is 13.1. The number of anilines is 2. The number of hydrogen-bond donors (Lipinski definition) is 1. The molecule has 1 aliphatic rings. The first-order chi connectivity index (χ1) is 11.0. The summed E-state index contributed by atoms with van der Waals surface area (Å²) in [4.78, 5) is 25.7. The number of nitrogens with zero attached hydrogens (tertiary/aromatic N) is 3. The summed E-state index contributed by atoms with van der Waals surface area (Å²) < 4.78 is 0. The minimum atomic E-state index is -0.226. The molecule has 2 heterocycles. The van der Waals surface area contributed by atoms with Crippen LogP contribution in [0.3, 0.4) is 0 Å². The van der Waals surface area contributed by atoms with Crippen molar-refractivity contribution >= 4 is 34.0 Å². The van der Waals surface area contributed by atoms with Gasteiger partial charge in [0.05, 0.1) is 0 Å². The summed E-state index contributed by atoms with van der Waals surface area (Å²) in [6.45, 7) is 4.81. The van der Waals surface area contributed by atoms with Gasteiger partial charge in [0.2, 0.25) is 11.0 Å². The molecule has 0 atom stereocenters. The first kappa shape index (κ1) is 15.6. The van der Waals surface area contributed by atoms with Crippen molar-refractivity contribution < 1.29 is 9.59 Å². The van der Waals surface area contributed by atoms with E-state index in [2.05, 4.69) is 15.5 Å². The Bertz CT molecular complexity index is 724. The third-order valence-electron chi connectivity index (χ3n) is 3.67. The van der Waals surface area contributed by atoms with E-state index in [1.54, 1.807) is 29.2 Å². The molecule has 1 saturated heterocycles. The summed E-state index contributed by atoms with van der Waals surface area (Å²) in [6.07, 6.45) is 1.48. The molecule has 1 aromatic carbocycles. The monoisotopic (exact) mass is 330 g/mol. The molecule has 6 nitrogen and oxygen atoms in total. The van der Waals surface area contributed by atoms with E-state index in [0.29, 0.717) is 17.1 Å². The molecule has 7 heteroatoms. The van der Waals surface area contributed by atoms with Gasteiger partial charge in [0.15, 0.2) is 0 Å². The van der Waals surface area contributed by atoms with Crippen molar-refractivity contribution in [3.63, 3.8) is 0 Å². The van der Waals surface area contributed by atoms with Gasteiger partial charge in [0.1, 0.15) is 5.01 Å². The van der Waals surface area contributed by atoms with Gasteiger partial charge in [0, 0.05) is 30.1 Å². The van der Waals surface area contributed by atoms with Crippen LogP contribution in [0.5, 0.6) is 0 Å². The van der Waals surface area contributed by atoms with E-state index < -0.39 is 0 Å². The molecule has 0 aliphatic carbocycles. The molecule has 120 valence electrons. The van der Waals surface area contributed by atoms with Crippen LogP contribution in [0.2, 0.25) is 0 Å². The van der Waals surface area contributed by atoms with Crippen LogP contribution >= 0.6 is 11.3 Å². The summed E-state index contributed by atoms with van der Waals surface area (Å²) >= 11 is 1.38. The second-order valence-electron chi connectivity index (χ2n) is 5.75. The Morgan fingerprint density at radius 1 is 1.26 bits per heavy atom. The number of rotatable bonds is 4. The van der Waals surface area contributed by atoms with Gasteiger partial charge in [-0.3, -0.25) is 14.9 Å². The Balaban J connectivity index is 1.68. The van der Waals surface area contributed by atoms with E-state index >= 15 is 0 Å². The van der Waals surface area contributed by atoms with Gasteiger partial charge in [-0.05, 0) is 30.7 Å². The summed E-state index contributed by atoms with van der Waals surface area (Å²) in [6, 6.07) is 7.05. The van der Waals surface area contributed by atoms with Crippen molar-refractivity contribution in [2.75, 3.05) is 16.8 Å². The lowest BCUT2D eigenvalue weighted by molar-refractivity contribution is -0.117. The zero-order chi connectivity index (χ0) is 16.4. The maximum absolute atomic E-state index is 12.2. The van der Waals surface area contributed by atoms with Crippen molar-refractivity contribution in [3.8, 4) is 0 Å². The van der Waals surface area contributed by atoms with E-state index in [4.69, 9.17) is 0 Å². The molecular formula is C16H18N4O2S. The number of benzene rings is 1. The largest absolute Gasteiger partial charge is 0.312 e. The average molecular weight is 330 g/mol. The quantitative estimate of drug-likeness (QED) is 0.935. The van der Waals surface area contributed by atoms with E-state index in [1.165, 1.54) is 11.3 Å². The van der Waals surface area contributed by atoms with Crippen LogP contribution in [0.15, 0.2) is 24.3 Å². The van der Waals surface area contributed by atoms with Gasteiger partial charge in [-0.1, -0.05) is 25.2 Å². The van der Waals surface area contributed by atoms with E-state index in [0.717, 1.165) is 23.7 Å². The molecule has 0 radical (unpaired) electrons. The third kappa shape index (κ3) is 3.39. The maximum atomic E-state index is 12.2. The Labute approximate surface area is 138 Å². The second kappa shape index (κ2) is 6.45. The molecule has 0 bridgehead atoms. The Morgan fingerprint density at radius 3 is 2.57 bits per heavy atom. The lowest BCUT2D eigenvalue weighted by Gasteiger charge is -2.15. The van der Waals surface area contributed by atoms with Crippen molar-refractivity contribution in [2.45, 2.75) is 32.6 Å². The lowest BCUT2D eigenvalue weighted by Crippen LogP contribution is -2.23. The van der Waals surface area contributed by atoms with E-state index in [-0.39, 0.29) is 17.7 Å². The molecule has 2 aromatic rings. The molecule has 23 heavy (non-hydrogen) atoms. The molecule has 1 N–H and O–H groups in total. The predicted molar refractivity (Wildman–Crippen MR) is 90.0 cm³/mol. The normalized spacial score (nSPS) is 14.6. The van der Waals surface area contributed by atoms with Crippen LogP contribution in [0.25, 0.3) is 0 Å². The predicted octanol–water partition coefficient (Wildman–Crippen LogP) is 3.04. The van der Waals surface area contributed by atoms with Crippen LogP contribution in [0, 0.1) is 0 Å². The van der Waals surface area contributed by atoms with E-state index in [1.807, 2.05) is 13.8 Å². The number of nitrogens with one attached hydrogen (secondary N) is 1. The Hall–Kier alpha value is -2.28. The lowest BCUT2D eigenvalue weighted by atomic mass is 10.2. The van der Waals surface area contributed by atoms with Crippen LogP contribution in [0.1, 0.15) is 48.0 Å². The van der Waals surface area contributed by atoms with Crippen molar-refractivity contribution in [1.29, 1.82) is 0 Å². The molecule has 0 saturated carbocycles. The van der Waals surface area contributed by atoms with E-state index in [9.17, 15) is 9.59 Å². The summed E-state index contributed by atoms with van der Waals surface area (Å²) in [5.74, 6) is 0.198. The zero-order valence-corrected chi connectivity index (χ0v) is 13.9. The first-order valence-corrected chi connectivity index (χ1v) is 8.41. The Kier molecular flexibility index (Phi) is 4.38. The standard InChI is InChI=1S/C16H18N4O2S/c1-10(2)15-18-19-16(23-15)17-14(22)11-5-7-12(8-6-11)20-9-3-4-13(20)21/h5-8,10H,3-4,9H2,1-2H3,(H,17,19,22). The smallest absolute Gasteiger partial charge is 0.257 e. The fourth-order valence-electron chi connectivity index (χ4n) is 2.40. The highest BCUT2D eigenvalue weighted by atomic mass is 32.1. The number of carbonyl (C=O) groups is 2. The van der Waals surface area contributed by atoms with Gasteiger partial charge < -0.3 is 4.90 Å². The molecule has 1 aliphatic heterocycles. The average Bonchev–Trinajstić information content (AvgIpc) is 3.16. The van der Waals surface area contributed by atoms with Crippen LogP contribution in [-0.4, -0.2) is 28.6 Å². The molecule has 2 amide bonds. The van der Waals surface area contributed by atoms with Gasteiger partial charge in [0.25, 0.3) is 5.91 Å². The fraction of sp³-hybridized carbons (Fsp3) is 0.375. The molecule has 1 aromatic heterocycles. The number of aromatic nitrogens is 2. The number of amides is 2. The van der Waals surface area contributed by atoms with Gasteiger partial charge >= 0.3 is 0 Å². The second-order valence-corrected chi connectivity index (χ2v) is 6.76.